The van der Waals surface area contributed by atoms with Crippen molar-refractivity contribution in [1.29, 1.82) is 0 Å². The number of methoxy groups -OCH3 is 2. The van der Waals surface area contributed by atoms with Gasteiger partial charge in [-0.05, 0) is 30.3 Å². The van der Waals surface area contributed by atoms with Crippen LogP contribution in [-0.4, -0.2) is 24.8 Å². The number of hydrogen-bond acceptors (Lipinski definition) is 5. The third-order valence-electron chi connectivity index (χ3n) is 4.07. The van der Waals surface area contributed by atoms with Crippen LogP contribution in [0.25, 0.3) is 11.3 Å². The van der Waals surface area contributed by atoms with Gasteiger partial charge in [0.15, 0.2) is 11.5 Å². The highest BCUT2D eigenvalue weighted by Crippen LogP contribution is 2.32. The van der Waals surface area contributed by atoms with Gasteiger partial charge < -0.3 is 19.4 Å². The Kier molecular flexibility index (Phi) is 8.70. The lowest BCUT2D eigenvalue weighted by Crippen LogP contribution is -2.28. The third-order valence-corrected chi connectivity index (χ3v) is 4.94. The second-order valence-electron chi connectivity index (χ2n) is 5.92. The van der Waals surface area contributed by atoms with Crippen molar-refractivity contribution >= 4 is 40.0 Å². The maximum atomic E-state index is 12.1. The van der Waals surface area contributed by atoms with E-state index in [1.165, 1.54) is 11.3 Å². The lowest BCUT2D eigenvalue weighted by Gasteiger charge is -2.11. The van der Waals surface area contributed by atoms with Crippen LogP contribution in [0.3, 0.4) is 0 Å². The minimum Gasteiger partial charge on any atom is -0.493 e. The van der Waals surface area contributed by atoms with Crippen LogP contribution in [-0.2, 0) is 6.54 Å². The zero-order valence-corrected chi connectivity index (χ0v) is 19.2. The highest BCUT2D eigenvalue weighted by molar-refractivity contribution is 8.93. The van der Waals surface area contributed by atoms with E-state index in [9.17, 15) is 4.79 Å². The lowest BCUT2D eigenvalue weighted by atomic mass is 10.1. The highest BCUT2D eigenvalue weighted by Gasteiger charge is 2.11. The van der Waals surface area contributed by atoms with Gasteiger partial charge in [0.05, 0.1) is 19.9 Å². The second kappa shape index (κ2) is 11.2. The van der Waals surface area contributed by atoms with Gasteiger partial charge in [-0.3, -0.25) is 0 Å². The van der Waals surface area contributed by atoms with Crippen molar-refractivity contribution in [2.24, 2.45) is 5.10 Å². The molecule has 0 aliphatic rings. The molecule has 0 atom stereocenters. The van der Waals surface area contributed by atoms with Crippen LogP contribution in [0.4, 0.5) is 10.5 Å². The quantitative estimate of drug-likeness (QED) is 0.374. The summed E-state index contributed by atoms with van der Waals surface area (Å²) in [5, 5.41) is 8.96. The van der Waals surface area contributed by atoms with Crippen LogP contribution in [0.1, 0.15) is 0 Å². The molecule has 0 bridgehead atoms. The molecule has 2 N–H and O–H groups in total. The largest absolute Gasteiger partial charge is 0.493 e. The summed E-state index contributed by atoms with van der Waals surface area (Å²) in [6.45, 7) is 4.36. The van der Waals surface area contributed by atoms with E-state index in [0.717, 1.165) is 11.3 Å². The predicted octanol–water partition coefficient (Wildman–Crippen LogP) is 4.64. The molecule has 9 heteroatoms. The first-order valence-electron chi connectivity index (χ1n) is 8.83. The number of nitrogens with zero attached hydrogens (tertiary/aromatic N) is 2. The molecule has 0 aliphatic heterocycles. The number of nitrogens with one attached hydrogen (secondary N) is 2. The average molecular weight is 491 g/mol. The van der Waals surface area contributed by atoms with E-state index >= 15 is 0 Å². The Morgan fingerprint density at radius 1 is 1.17 bits per heavy atom. The Morgan fingerprint density at radius 3 is 2.57 bits per heavy atom. The average Bonchev–Trinajstić information content (AvgIpc) is 3.15. The second-order valence-corrected chi connectivity index (χ2v) is 6.75. The molecule has 30 heavy (non-hydrogen) atoms. The van der Waals surface area contributed by atoms with Gasteiger partial charge in [-0.1, -0.05) is 24.3 Å². The molecule has 158 valence electrons. The first-order valence-corrected chi connectivity index (χ1v) is 9.71. The first kappa shape index (κ1) is 23.2. The minimum absolute atomic E-state index is 0. The molecule has 0 saturated heterocycles. The molecule has 0 aliphatic carbocycles. The van der Waals surface area contributed by atoms with Gasteiger partial charge in [-0.2, -0.15) is 0 Å². The highest BCUT2D eigenvalue weighted by atomic mass is 79.9. The number of benzene rings is 2. The summed E-state index contributed by atoms with van der Waals surface area (Å²) in [7, 11) is 3.20. The first-order chi connectivity index (χ1) is 14.2. The predicted molar refractivity (Wildman–Crippen MR) is 126 cm³/mol. The number of allylic oxidation sites excluding steroid dienone is 1. The van der Waals surface area contributed by atoms with Gasteiger partial charge in [-0.15, -0.1) is 40.0 Å². The van der Waals surface area contributed by atoms with Crippen LogP contribution >= 0.6 is 28.3 Å². The third kappa shape index (κ3) is 5.52. The van der Waals surface area contributed by atoms with Crippen molar-refractivity contribution in [1.82, 2.24) is 9.99 Å². The topological polar surface area (TPSA) is 76.9 Å². The molecule has 0 radical (unpaired) electrons. The van der Waals surface area contributed by atoms with Crippen molar-refractivity contribution in [2.75, 3.05) is 19.5 Å². The zero-order chi connectivity index (χ0) is 20.6. The van der Waals surface area contributed by atoms with E-state index in [4.69, 9.17) is 9.47 Å². The maximum Gasteiger partial charge on any atom is 0.339 e. The number of urea groups is 1. The van der Waals surface area contributed by atoms with Crippen molar-refractivity contribution in [3.63, 3.8) is 0 Å². The number of anilines is 1. The maximum absolute atomic E-state index is 12.1. The van der Waals surface area contributed by atoms with E-state index in [1.807, 2.05) is 46.3 Å². The number of thiazole rings is 1. The van der Waals surface area contributed by atoms with E-state index in [0.29, 0.717) is 28.5 Å². The molecule has 3 rings (SSSR count). The lowest BCUT2D eigenvalue weighted by molar-refractivity contribution is 0.252. The summed E-state index contributed by atoms with van der Waals surface area (Å²) in [6, 6.07) is 14.5. The number of aromatic nitrogens is 1. The van der Waals surface area contributed by atoms with Gasteiger partial charge >= 0.3 is 6.03 Å². The fourth-order valence-corrected chi connectivity index (χ4v) is 3.61. The molecular formula is C21H23BrN4O3S. The summed E-state index contributed by atoms with van der Waals surface area (Å²) in [4.78, 5) is 12.8. The molecule has 0 saturated carbocycles. The van der Waals surface area contributed by atoms with Crippen molar-refractivity contribution in [3.05, 3.63) is 71.4 Å². The molecule has 7 nitrogen and oxygen atoms in total. The number of rotatable bonds is 7. The Labute approximate surface area is 189 Å². The number of ether oxygens (including phenoxy) is 2. The minimum atomic E-state index is -0.414. The monoisotopic (exact) mass is 490 g/mol. The summed E-state index contributed by atoms with van der Waals surface area (Å²) in [6.07, 6.45) is 1.78. The van der Waals surface area contributed by atoms with Crippen LogP contribution in [0, 0.1) is 0 Å². The normalized spacial score (nSPS) is 10.7. The molecular weight excluding hydrogens is 468 g/mol. The molecule has 3 aromatic rings. The Hall–Kier alpha value is -3.04. The number of amides is 2. The molecule has 0 fully saturated rings. The Morgan fingerprint density at radius 2 is 1.90 bits per heavy atom. The summed E-state index contributed by atoms with van der Waals surface area (Å²) >= 11 is 1.42. The Balaban J connectivity index is 0.00000320. The number of carbonyl (C=O) groups is 1. The SMILES string of the molecule is Br.C=CCn1c(-c2ccc(OC)c(OC)c2)csc1=NNC(=O)Nc1ccccc1. The summed E-state index contributed by atoms with van der Waals surface area (Å²) in [5.74, 6) is 1.30. The van der Waals surface area contributed by atoms with Crippen molar-refractivity contribution < 1.29 is 14.3 Å². The van der Waals surface area contributed by atoms with Crippen LogP contribution in [0.15, 0.2) is 71.7 Å². The van der Waals surface area contributed by atoms with E-state index < -0.39 is 6.03 Å². The molecule has 1 heterocycles. The van der Waals surface area contributed by atoms with Gasteiger partial charge in [-0.25, -0.2) is 10.2 Å². The summed E-state index contributed by atoms with van der Waals surface area (Å²) < 4.78 is 12.7. The van der Waals surface area contributed by atoms with E-state index in [2.05, 4.69) is 22.4 Å². The number of para-hydroxylation sites is 1. The molecule has 0 unspecified atom stereocenters. The fourth-order valence-electron chi connectivity index (χ4n) is 2.73. The summed E-state index contributed by atoms with van der Waals surface area (Å²) in [5.41, 5.74) is 5.10. The van der Waals surface area contributed by atoms with Gasteiger partial charge in [0.2, 0.25) is 4.80 Å². The van der Waals surface area contributed by atoms with Crippen molar-refractivity contribution in [2.45, 2.75) is 6.54 Å². The number of hydrogen-bond donors (Lipinski definition) is 2. The Bertz CT molecular complexity index is 1060. The van der Waals surface area contributed by atoms with Gasteiger partial charge in [0, 0.05) is 23.2 Å². The standard InChI is InChI=1S/C21H22N4O3S.BrH/c1-4-12-25-17(15-10-11-18(27-2)19(13-15)28-3)14-29-21(25)24-23-20(26)22-16-8-6-5-7-9-16;/h4-11,13-14H,1,12H2,2-3H3,(H2,22,23,26);1H. The molecule has 0 spiro atoms. The number of halogens is 1. The van der Waals surface area contributed by atoms with Crippen LogP contribution < -0.4 is 25.0 Å². The molecule has 2 aromatic carbocycles. The number of carbonyl (C=O) groups excluding carboxylic acids is 1. The fraction of sp³-hybridized carbons (Fsp3) is 0.143. The van der Waals surface area contributed by atoms with E-state index in [-0.39, 0.29) is 17.0 Å². The van der Waals surface area contributed by atoms with E-state index in [1.54, 1.807) is 32.4 Å². The van der Waals surface area contributed by atoms with Crippen LogP contribution in [0.2, 0.25) is 0 Å². The van der Waals surface area contributed by atoms with Gasteiger partial charge in [0.25, 0.3) is 0 Å². The van der Waals surface area contributed by atoms with Crippen LogP contribution in [0.5, 0.6) is 11.5 Å². The smallest absolute Gasteiger partial charge is 0.339 e. The van der Waals surface area contributed by atoms with Crippen molar-refractivity contribution in [3.8, 4) is 22.8 Å². The molecule has 1 aromatic heterocycles. The zero-order valence-electron chi connectivity index (χ0n) is 16.6. The molecule has 2 amide bonds. The van der Waals surface area contributed by atoms with Gasteiger partial charge in [0.1, 0.15) is 0 Å².